The van der Waals surface area contributed by atoms with Crippen LogP contribution in [0.2, 0.25) is 0 Å². The number of rotatable bonds is 3. The first-order chi connectivity index (χ1) is 8.09. The van der Waals surface area contributed by atoms with Crippen LogP contribution in [0.25, 0.3) is 0 Å². The Labute approximate surface area is 103 Å². The van der Waals surface area contributed by atoms with Gasteiger partial charge in [-0.15, -0.1) is 0 Å². The van der Waals surface area contributed by atoms with Crippen LogP contribution in [0.3, 0.4) is 0 Å². The van der Waals surface area contributed by atoms with Crippen molar-refractivity contribution in [2.24, 2.45) is 17.1 Å². The quantitative estimate of drug-likeness (QED) is 0.800. The van der Waals surface area contributed by atoms with Gasteiger partial charge in [0.1, 0.15) is 0 Å². The highest BCUT2D eigenvalue weighted by Crippen LogP contribution is 2.46. The molecular formula is C13H24N2O2. The Balaban J connectivity index is 2.10. The molecule has 1 saturated carbocycles. The van der Waals surface area contributed by atoms with Gasteiger partial charge in [-0.1, -0.05) is 12.8 Å². The lowest BCUT2D eigenvalue weighted by Gasteiger charge is -2.37. The molecule has 3 atom stereocenters. The van der Waals surface area contributed by atoms with Gasteiger partial charge in [-0.3, -0.25) is 4.79 Å². The fourth-order valence-electron chi connectivity index (χ4n) is 3.56. The third kappa shape index (κ3) is 2.33. The average Bonchev–Trinajstić information content (AvgIpc) is 2.67. The molecule has 2 N–H and O–H groups in total. The Bertz CT molecular complexity index is 289. The molecule has 0 aromatic rings. The van der Waals surface area contributed by atoms with E-state index in [0.717, 1.165) is 19.7 Å². The number of hydrogen-bond donors (Lipinski definition) is 1. The number of nitrogens with zero attached hydrogens (tertiary/aromatic N) is 1. The Kier molecular flexibility index (Phi) is 3.73. The predicted octanol–water partition coefficient (Wildman–Crippen LogP) is 0.999. The van der Waals surface area contributed by atoms with Crippen LogP contribution in [0.15, 0.2) is 0 Å². The monoisotopic (exact) mass is 240 g/mol. The summed E-state index contributed by atoms with van der Waals surface area (Å²) in [5.41, 5.74) is 5.91. The first-order valence-corrected chi connectivity index (χ1v) is 6.62. The molecule has 4 nitrogen and oxygen atoms in total. The second kappa shape index (κ2) is 4.94. The highest BCUT2D eigenvalue weighted by molar-refractivity contribution is 5.81. The number of ether oxygens (including phenoxy) is 1. The molecular weight excluding hydrogens is 216 g/mol. The van der Waals surface area contributed by atoms with E-state index in [1.54, 1.807) is 14.0 Å². The van der Waals surface area contributed by atoms with Crippen LogP contribution >= 0.6 is 0 Å². The lowest BCUT2D eigenvalue weighted by Crippen LogP contribution is -2.42. The van der Waals surface area contributed by atoms with Gasteiger partial charge in [0.2, 0.25) is 5.91 Å². The topological polar surface area (TPSA) is 55.6 Å². The predicted molar refractivity (Wildman–Crippen MR) is 66.5 cm³/mol. The molecule has 17 heavy (non-hydrogen) atoms. The standard InChI is InChI=1S/C13H24N2O2/c1-10(14)12(16)15-7-11-5-3-4-6-13(11,8-15)9-17-2/h10-11H,3-9,14H2,1-2H3/t10-,11-,13+/m0/s1. The molecule has 0 spiro atoms. The number of amides is 1. The summed E-state index contributed by atoms with van der Waals surface area (Å²) in [5, 5.41) is 0. The highest BCUT2D eigenvalue weighted by Gasteiger charge is 2.49. The van der Waals surface area contributed by atoms with Gasteiger partial charge >= 0.3 is 0 Å². The summed E-state index contributed by atoms with van der Waals surface area (Å²) in [6, 6.07) is -0.380. The maximum absolute atomic E-state index is 12.0. The molecule has 0 bridgehead atoms. The molecule has 2 aliphatic rings. The van der Waals surface area contributed by atoms with Gasteiger partial charge in [-0.05, 0) is 25.7 Å². The molecule has 0 aromatic heterocycles. The highest BCUT2D eigenvalue weighted by atomic mass is 16.5. The van der Waals surface area contributed by atoms with Gasteiger partial charge < -0.3 is 15.4 Å². The molecule has 1 aliphatic carbocycles. The molecule has 98 valence electrons. The van der Waals surface area contributed by atoms with Crippen LogP contribution in [0, 0.1) is 11.3 Å². The zero-order valence-corrected chi connectivity index (χ0v) is 10.9. The molecule has 0 aromatic carbocycles. The lowest BCUT2D eigenvalue weighted by molar-refractivity contribution is -0.131. The number of nitrogens with two attached hydrogens (primary N) is 1. The molecule has 4 heteroatoms. The van der Waals surface area contributed by atoms with Gasteiger partial charge in [0.15, 0.2) is 0 Å². The zero-order chi connectivity index (χ0) is 12.5. The Hall–Kier alpha value is -0.610. The number of likely N-dealkylation sites (tertiary alicyclic amines) is 1. The summed E-state index contributed by atoms with van der Waals surface area (Å²) in [4.78, 5) is 14.0. The van der Waals surface area contributed by atoms with Crippen LogP contribution < -0.4 is 5.73 Å². The van der Waals surface area contributed by atoms with E-state index >= 15 is 0 Å². The van der Waals surface area contributed by atoms with E-state index in [9.17, 15) is 4.79 Å². The molecule has 1 saturated heterocycles. The van der Waals surface area contributed by atoms with Crippen molar-refractivity contribution in [3.05, 3.63) is 0 Å². The maximum atomic E-state index is 12.0. The summed E-state index contributed by atoms with van der Waals surface area (Å²) in [7, 11) is 1.76. The zero-order valence-electron chi connectivity index (χ0n) is 10.9. The van der Waals surface area contributed by atoms with Crippen molar-refractivity contribution in [1.29, 1.82) is 0 Å². The maximum Gasteiger partial charge on any atom is 0.239 e. The molecule has 2 fully saturated rings. The van der Waals surface area contributed by atoms with E-state index in [1.807, 2.05) is 4.90 Å². The molecule has 1 amide bonds. The van der Waals surface area contributed by atoms with E-state index in [-0.39, 0.29) is 17.4 Å². The van der Waals surface area contributed by atoms with Crippen molar-refractivity contribution in [2.75, 3.05) is 26.8 Å². The van der Waals surface area contributed by atoms with Crippen molar-refractivity contribution in [2.45, 2.75) is 38.6 Å². The Morgan fingerprint density at radius 3 is 3.00 bits per heavy atom. The first-order valence-electron chi connectivity index (χ1n) is 6.62. The summed E-state index contributed by atoms with van der Waals surface area (Å²) >= 11 is 0. The smallest absolute Gasteiger partial charge is 0.239 e. The van der Waals surface area contributed by atoms with Gasteiger partial charge in [0.05, 0.1) is 12.6 Å². The van der Waals surface area contributed by atoms with Crippen LogP contribution in [0.5, 0.6) is 0 Å². The second-order valence-corrected chi connectivity index (χ2v) is 5.75. The number of carbonyl (C=O) groups is 1. The fourth-order valence-corrected chi connectivity index (χ4v) is 3.56. The van der Waals surface area contributed by atoms with E-state index in [0.29, 0.717) is 5.92 Å². The largest absolute Gasteiger partial charge is 0.384 e. The first kappa shape index (κ1) is 12.8. The molecule has 2 rings (SSSR count). The van der Waals surface area contributed by atoms with Gasteiger partial charge in [0.25, 0.3) is 0 Å². The normalized spacial score (nSPS) is 34.5. The summed E-state index contributed by atoms with van der Waals surface area (Å²) in [5.74, 6) is 0.703. The third-order valence-electron chi connectivity index (χ3n) is 4.42. The summed E-state index contributed by atoms with van der Waals surface area (Å²) in [6.45, 7) is 4.27. The fraction of sp³-hybridized carbons (Fsp3) is 0.923. The molecule has 0 radical (unpaired) electrons. The minimum absolute atomic E-state index is 0.0925. The SMILES string of the molecule is COC[C@]12CCCC[C@H]1CN(C(=O)[C@H](C)N)C2. The minimum Gasteiger partial charge on any atom is -0.384 e. The van der Waals surface area contributed by atoms with Gasteiger partial charge in [-0.2, -0.15) is 0 Å². The second-order valence-electron chi connectivity index (χ2n) is 5.75. The van der Waals surface area contributed by atoms with Crippen LogP contribution in [0.4, 0.5) is 0 Å². The molecule has 1 heterocycles. The third-order valence-corrected chi connectivity index (χ3v) is 4.42. The number of fused-ring (bicyclic) bond motifs is 1. The van der Waals surface area contributed by atoms with Crippen LogP contribution in [-0.4, -0.2) is 43.7 Å². The van der Waals surface area contributed by atoms with Crippen molar-refractivity contribution >= 4 is 5.91 Å². The van der Waals surface area contributed by atoms with Crippen molar-refractivity contribution in [3.63, 3.8) is 0 Å². The summed E-state index contributed by atoms with van der Waals surface area (Å²) < 4.78 is 5.41. The van der Waals surface area contributed by atoms with Crippen LogP contribution in [0.1, 0.15) is 32.6 Å². The summed E-state index contributed by atoms with van der Waals surface area (Å²) in [6.07, 6.45) is 4.97. The Morgan fingerprint density at radius 1 is 1.59 bits per heavy atom. The van der Waals surface area contributed by atoms with Gasteiger partial charge in [-0.25, -0.2) is 0 Å². The molecule has 1 aliphatic heterocycles. The number of methoxy groups -OCH3 is 1. The van der Waals surface area contributed by atoms with Crippen molar-refractivity contribution < 1.29 is 9.53 Å². The van der Waals surface area contributed by atoms with E-state index in [2.05, 4.69) is 0 Å². The van der Waals surface area contributed by atoms with E-state index < -0.39 is 0 Å². The minimum atomic E-state index is -0.380. The van der Waals surface area contributed by atoms with Crippen molar-refractivity contribution in [1.82, 2.24) is 4.90 Å². The lowest BCUT2D eigenvalue weighted by atomic mass is 9.69. The Morgan fingerprint density at radius 2 is 2.35 bits per heavy atom. The number of carbonyl (C=O) groups excluding carboxylic acids is 1. The average molecular weight is 240 g/mol. The van der Waals surface area contributed by atoms with Crippen molar-refractivity contribution in [3.8, 4) is 0 Å². The van der Waals surface area contributed by atoms with Gasteiger partial charge in [0, 0.05) is 25.6 Å². The molecule has 0 unspecified atom stereocenters. The van der Waals surface area contributed by atoms with Crippen LogP contribution in [-0.2, 0) is 9.53 Å². The van der Waals surface area contributed by atoms with E-state index in [1.165, 1.54) is 25.7 Å². The van der Waals surface area contributed by atoms with E-state index in [4.69, 9.17) is 10.5 Å². The number of hydrogen-bond acceptors (Lipinski definition) is 3.